The summed E-state index contributed by atoms with van der Waals surface area (Å²) in [7, 11) is 0. The molecule has 0 unspecified atom stereocenters. The van der Waals surface area contributed by atoms with Crippen molar-refractivity contribution in [3.05, 3.63) is 35.5 Å². The number of carbonyl (C=O) groups excluding carboxylic acids is 1. The van der Waals surface area contributed by atoms with Gasteiger partial charge < -0.3 is 5.32 Å². The standard InChI is InChI=1S/C14H13FN2OS/c15-11-6-2-5-10(7-11)12-8-19-14(16-12)17-13(18)9-3-1-4-9/h2,5-9H,1,3-4H2,(H,16,17,18). The minimum absolute atomic E-state index is 0.0476. The van der Waals surface area contributed by atoms with Crippen LogP contribution in [0.4, 0.5) is 9.52 Å². The van der Waals surface area contributed by atoms with Gasteiger partial charge in [0.15, 0.2) is 5.13 Å². The molecule has 2 aromatic rings. The molecule has 1 N–H and O–H groups in total. The molecule has 3 nitrogen and oxygen atoms in total. The van der Waals surface area contributed by atoms with Crippen molar-refractivity contribution in [1.29, 1.82) is 0 Å². The van der Waals surface area contributed by atoms with Crippen LogP contribution >= 0.6 is 11.3 Å². The van der Waals surface area contributed by atoms with Gasteiger partial charge in [-0.05, 0) is 25.0 Å². The number of benzene rings is 1. The number of hydrogen-bond donors (Lipinski definition) is 1. The Balaban J connectivity index is 1.74. The first-order chi connectivity index (χ1) is 9.22. The van der Waals surface area contributed by atoms with E-state index in [1.54, 1.807) is 12.1 Å². The number of thiazole rings is 1. The lowest BCUT2D eigenvalue weighted by molar-refractivity contribution is -0.122. The third-order valence-corrected chi connectivity index (χ3v) is 4.09. The van der Waals surface area contributed by atoms with Crippen LogP contribution in [-0.4, -0.2) is 10.9 Å². The van der Waals surface area contributed by atoms with E-state index in [1.807, 2.05) is 5.38 Å². The monoisotopic (exact) mass is 276 g/mol. The molecule has 1 fully saturated rings. The lowest BCUT2D eigenvalue weighted by Crippen LogP contribution is -2.27. The van der Waals surface area contributed by atoms with Crippen LogP contribution in [0.25, 0.3) is 11.3 Å². The summed E-state index contributed by atoms with van der Waals surface area (Å²) in [5.74, 6) is -0.0986. The van der Waals surface area contributed by atoms with Gasteiger partial charge in [-0.2, -0.15) is 0 Å². The molecular formula is C14H13FN2OS. The van der Waals surface area contributed by atoms with Gasteiger partial charge in [-0.25, -0.2) is 9.37 Å². The Morgan fingerprint density at radius 2 is 2.26 bits per heavy atom. The molecule has 0 radical (unpaired) electrons. The molecule has 0 aliphatic heterocycles. The highest BCUT2D eigenvalue weighted by Crippen LogP contribution is 2.29. The van der Waals surface area contributed by atoms with Gasteiger partial charge in [0.2, 0.25) is 5.91 Å². The van der Waals surface area contributed by atoms with Gasteiger partial charge in [-0.15, -0.1) is 11.3 Å². The maximum Gasteiger partial charge on any atom is 0.229 e. The van der Waals surface area contributed by atoms with Crippen molar-refractivity contribution in [3.8, 4) is 11.3 Å². The van der Waals surface area contributed by atoms with Crippen LogP contribution < -0.4 is 5.32 Å². The van der Waals surface area contributed by atoms with Crippen LogP contribution in [0.2, 0.25) is 0 Å². The van der Waals surface area contributed by atoms with E-state index < -0.39 is 0 Å². The molecule has 0 spiro atoms. The van der Waals surface area contributed by atoms with E-state index in [-0.39, 0.29) is 17.6 Å². The molecule has 5 heteroatoms. The van der Waals surface area contributed by atoms with Crippen molar-refractivity contribution < 1.29 is 9.18 Å². The fourth-order valence-corrected chi connectivity index (χ4v) is 2.71. The molecule has 1 amide bonds. The molecule has 1 saturated carbocycles. The second kappa shape index (κ2) is 5.09. The van der Waals surface area contributed by atoms with E-state index in [0.717, 1.165) is 24.8 Å². The lowest BCUT2D eigenvalue weighted by Gasteiger charge is -2.23. The Hall–Kier alpha value is -1.75. The van der Waals surface area contributed by atoms with Crippen molar-refractivity contribution >= 4 is 22.4 Å². The number of nitrogens with zero attached hydrogens (tertiary/aromatic N) is 1. The summed E-state index contributed by atoms with van der Waals surface area (Å²) in [6.45, 7) is 0. The Bertz CT molecular complexity index is 607. The van der Waals surface area contributed by atoms with Crippen molar-refractivity contribution in [1.82, 2.24) is 4.98 Å². The number of hydrogen-bond acceptors (Lipinski definition) is 3. The van der Waals surface area contributed by atoms with Gasteiger partial charge in [-0.3, -0.25) is 4.79 Å². The molecule has 1 aliphatic rings. The first-order valence-electron chi connectivity index (χ1n) is 6.25. The average molecular weight is 276 g/mol. The van der Waals surface area contributed by atoms with E-state index in [1.165, 1.54) is 23.5 Å². The van der Waals surface area contributed by atoms with E-state index in [4.69, 9.17) is 0 Å². The summed E-state index contributed by atoms with van der Waals surface area (Å²) in [4.78, 5) is 16.1. The summed E-state index contributed by atoms with van der Waals surface area (Å²) in [5, 5.41) is 5.23. The molecule has 1 aromatic heterocycles. The number of rotatable bonds is 3. The summed E-state index contributed by atoms with van der Waals surface area (Å²) in [6.07, 6.45) is 3.06. The zero-order valence-electron chi connectivity index (χ0n) is 10.2. The maximum absolute atomic E-state index is 13.1. The van der Waals surface area contributed by atoms with Crippen LogP contribution in [0, 0.1) is 11.7 Å². The van der Waals surface area contributed by atoms with Crippen LogP contribution in [-0.2, 0) is 4.79 Å². The SMILES string of the molecule is O=C(Nc1nc(-c2cccc(F)c2)cs1)C1CCC1. The minimum atomic E-state index is -0.287. The predicted molar refractivity (Wildman–Crippen MR) is 73.5 cm³/mol. The summed E-state index contributed by atoms with van der Waals surface area (Å²) in [5.41, 5.74) is 1.41. The first kappa shape index (κ1) is 12.3. The van der Waals surface area contributed by atoms with Crippen LogP contribution in [0.15, 0.2) is 29.6 Å². The third-order valence-electron chi connectivity index (χ3n) is 3.33. The van der Waals surface area contributed by atoms with Gasteiger partial charge in [0.1, 0.15) is 5.82 Å². The molecular weight excluding hydrogens is 263 g/mol. The van der Waals surface area contributed by atoms with Crippen LogP contribution in [0.5, 0.6) is 0 Å². The number of aromatic nitrogens is 1. The lowest BCUT2D eigenvalue weighted by atomic mass is 9.85. The highest BCUT2D eigenvalue weighted by molar-refractivity contribution is 7.14. The molecule has 0 saturated heterocycles. The smallest absolute Gasteiger partial charge is 0.229 e. The predicted octanol–water partition coefficient (Wildman–Crippen LogP) is 3.69. The fraction of sp³-hybridized carbons (Fsp3) is 0.286. The number of anilines is 1. The third kappa shape index (κ3) is 2.66. The minimum Gasteiger partial charge on any atom is -0.302 e. The molecule has 0 bridgehead atoms. The molecule has 1 heterocycles. The normalized spacial score (nSPS) is 15.0. The summed E-state index contributed by atoms with van der Waals surface area (Å²) >= 11 is 1.37. The van der Waals surface area contributed by atoms with E-state index in [0.29, 0.717) is 10.8 Å². The van der Waals surface area contributed by atoms with E-state index in [2.05, 4.69) is 10.3 Å². The second-order valence-electron chi connectivity index (χ2n) is 4.67. The number of carbonyl (C=O) groups is 1. The highest BCUT2D eigenvalue weighted by Gasteiger charge is 2.25. The molecule has 1 aromatic carbocycles. The van der Waals surface area contributed by atoms with Crippen molar-refractivity contribution in [2.45, 2.75) is 19.3 Å². The second-order valence-corrected chi connectivity index (χ2v) is 5.52. The molecule has 98 valence electrons. The quantitative estimate of drug-likeness (QED) is 0.929. The Labute approximate surface area is 114 Å². The Kier molecular flexibility index (Phi) is 3.29. The molecule has 0 atom stereocenters. The average Bonchev–Trinajstić information content (AvgIpc) is 2.75. The van der Waals surface area contributed by atoms with Gasteiger partial charge in [0.25, 0.3) is 0 Å². The molecule has 3 rings (SSSR count). The van der Waals surface area contributed by atoms with Gasteiger partial charge in [-0.1, -0.05) is 18.6 Å². The van der Waals surface area contributed by atoms with Crippen LogP contribution in [0.3, 0.4) is 0 Å². The zero-order chi connectivity index (χ0) is 13.2. The largest absolute Gasteiger partial charge is 0.302 e. The topological polar surface area (TPSA) is 42.0 Å². The van der Waals surface area contributed by atoms with Crippen LogP contribution in [0.1, 0.15) is 19.3 Å². The van der Waals surface area contributed by atoms with E-state index in [9.17, 15) is 9.18 Å². The Morgan fingerprint density at radius 1 is 1.42 bits per heavy atom. The van der Waals surface area contributed by atoms with Gasteiger partial charge >= 0.3 is 0 Å². The number of amides is 1. The number of nitrogens with one attached hydrogen (secondary N) is 1. The van der Waals surface area contributed by atoms with E-state index >= 15 is 0 Å². The zero-order valence-corrected chi connectivity index (χ0v) is 11.0. The fourth-order valence-electron chi connectivity index (χ4n) is 1.99. The Morgan fingerprint density at radius 3 is 2.95 bits per heavy atom. The van der Waals surface area contributed by atoms with Crippen molar-refractivity contribution in [2.75, 3.05) is 5.32 Å². The highest BCUT2D eigenvalue weighted by atomic mass is 32.1. The van der Waals surface area contributed by atoms with Gasteiger partial charge in [0, 0.05) is 16.9 Å². The van der Waals surface area contributed by atoms with Crippen molar-refractivity contribution in [3.63, 3.8) is 0 Å². The maximum atomic E-state index is 13.1. The van der Waals surface area contributed by atoms with Crippen molar-refractivity contribution in [2.24, 2.45) is 5.92 Å². The first-order valence-corrected chi connectivity index (χ1v) is 7.13. The molecule has 19 heavy (non-hydrogen) atoms. The summed E-state index contributed by atoms with van der Waals surface area (Å²) in [6, 6.07) is 6.29. The molecule has 1 aliphatic carbocycles. The number of halogens is 1. The van der Waals surface area contributed by atoms with Gasteiger partial charge in [0.05, 0.1) is 5.69 Å². The summed E-state index contributed by atoms with van der Waals surface area (Å²) < 4.78 is 13.1.